The van der Waals surface area contributed by atoms with Gasteiger partial charge in [0.15, 0.2) is 0 Å². The van der Waals surface area contributed by atoms with Gasteiger partial charge in [0, 0.05) is 0 Å². The molecule has 5 unspecified atom stereocenters. The minimum atomic E-state index is -0.161. The van der Waals surface area contributed by atoms with Crippen molar-refractivity contribution in [3.63, 3.8) is 0 Å². The minimum absolute atomic E-state index is 0.121. The highest BCUT2D eigenvalue weighted by Gasteiger charge is 2.52. The topological polar surface area (TPSA) is 26.3 Å². The van der Waals surface area contributed by atoms with Gasteiger partial charge < -0.3 is 4.74 Å². The van der Waals surface area contributed by atoms with Gasteiger partial charge in [-0.05, 0) is 69.1 Å². The smallest absolute Gasteiger partial charge is 0.309 e. The van der Waals surface area contributed by atoms with Gasteiger partial charge in [-0.15, -0.1) is 0 Å². The van der Waals surface area contributed by atoms with Crippen LogP contribution in [0.3, 0.4) is 0 Å². The number of rotatable bonds is 2. The van der Waals surface area contributed by atoms with Gasteiger partial charge in [-0.3, -0.25) is 4.79 Å². The molecule has 0 aromatic heterocycles. The first-order chi connectivity index (χ1) is 9.00. The normalized spacial score (nSPS) is 44.3. The maximum Gasteiger partial charge on any atom is 0.309 e. The number of fused-ring (bicyclic) bond motifs is 2. The Bertz CT molecular complexity index is 354. The third-order valence-corrected chi connectivity index (χ3v) is 6.46. The summed E-state index contributed by atoms with van der Waals surface area (Å²) in [5.41, 5.74) is -0.161. The summed E-state index contributed by atoms with van der Waals surface area (Å²) in [7, 11) is 0. The molecule has 19 heavy (non-hydrogen) atoms. The van der Waals surface area contributed by atoms with E-state index in [-0.39, 0.29) is 17.5 Å². The molecular formula is C17H28O2. The lowest BCUT2D eigenvalue weighted by Gasteiger charge is -2.36. The van der Waals surface area contributed by atoms with Gasteiger partial charge in [-0.1, -0.05) is 20.3 Å². The molecular weight excluding hydrogens is 236 g/mol. The Balaban J connectivity index is 1.63. The standard InChI is InChI=1S/C17H28O2/c1-11-12(2)14-9-13(11)10-15(14)16(18)19-17(3)7-5-4-6-8-17/h11-15H,4-10H2,1-3H3. The summed E-state index contributed by atoms with van der Waals surface area (Å²) in [6, 6.07) is 0. The van der Waals surface area contributed by atoms with E-state index in [1.807, 2.05) is 0 Å². The average molecular weight is 264 g/mol. The van der Waals surface area contributed by atoms with E-state index in [4.69, 9.17) is 4.74 Å². The molecule has 0 radical (unpaired) electrons. The van der Waals surface area contributed by atoms with Gasteiger partial charge in [0.1, 0.15) is 5.60 Å². The lowest BCUT2D eigenvalue weighted by molar-refractivity contribution is -0.169. The van der Waals surface area contributed by atoms with Crippen LogP contribution in [0.25, 0.3) is 0 Å². The average Bonchev–Trinajstić information content (AvgIpc) is 2.91. The van der Waals surface area contributed by atoms with Gasteiger partial charge in [0.2, 0.25) is 0 Å². The fraction of sp³-hybridized carbons (Fsp3) is 0.941. The number of carbonyl (C=O) groups excluding carboxylic acids is 1. The lowest BCUT2D eigenvalue weighted by Crippen LogP contribution is -2.39. The van der Waals surface area contributed by atoms with Crippen molar-refractivity contribution < 1.29 is 9.53 Å². The Morgan fingerprint density at radius 1 is 1.05 bits per heavy atom. The minimum Gasteiger partial charge on any atom is -0.459 e. The molecule has 0 N–H and O–H groups in total. The van der Waals surface area contributed by atoms with Crippen molar-refractivity contribution in [2.75, 3.05) is 0 Å². The summed E-state index contributed by atoms with van der Waals surface area (Å²) in [6.45, 7) is 6.83. The van der Waals surface area contributed by atoms with E-state index in [9.17, 15) is 4.79 Å². The Morgan fingerprint density at radius 3 is 2.32 bits per heavy atom. The fourth-order valence-corrected chi connectivity index (χ4v) is 4.93. The molecule has 3 fully saturated rings. The number of hydrogen-bond acceptors (Lipinski definition) is 2. The molecule has 3 saturated carbocycles. The molecule has 108 valence electrons. The van der Waals surface area contributed by atoms with Gasteiger partial charge >= 0.3 is 5.97 Å². The molecule has 0 aromatic rings. The largest absolute Gasteiger partial charge is 0.459 e. The van der Waals surface area contributed by atoms with Crippen LogP contribution in [-0.4, -0.2) is 11.6 Å². The zero-order valence-corrected chi connectivity index (χ0v) is 12.7. The van der Waals surface area contributed by atoms with E-state index in [1.165, 1.54) is 25.7 Å². The highest BCUT2D eigenvalue weighted by molar-refractivity contribution is 5.74. The highest BCUT2D eigenvalue weighted by Crippen LogP contribution is 2.55. The van der Waals surface area contributed by atoms with Crippen LogP contribution in [-0.2, 0) is 9.53 Å². The van der Waals surface area contributed by atoms with E-state index in [0.717, 1.165) is 31.1 Å². The molecule has 0 aromatic carbocycles. The zero-order chi connectivity index (χ0) is 13.6. The number of ether oxygens (including phenoxy) is 1. The van der Waals surface area contributed by atoms with Gasteiger partial charge in [-0.2, -0.15) is 0 Å². The molecule has 0 heterocycles. The van der Waals surface area contributed by atoms with Crippen molar-refractivity contribution >= 4 is 5.97 Å². The second kappa shape index (κ2) is 4.79. The molecule has 2 bridgehead atoms. The maximum atomic E-state index is 12.5. The van der Waals surface area contributed by atoms with Crippen LogP contribution in [0, 0.1) is 29.6 Å². The number of hydrogen-bond donors (Lipinski definition) is 0. The molecule has 0 saturated heterocycles. The second-order valence-corrected chi connectivity index (χ2v) is 7.65. The zero-order valence-electron chi connectivity index (χ0n) is 12.7. The molecule has 3 rings (SSSR count). The van der Waals surface area contributed by atoms with E-state index >= 15 is 0 Å². The maximum absolute atomic E-state index is 12.5. The van der Waals surface area contributed by atoms with Crippen LogP contribution >= 0.6 is 0 Å². The molecule has 2 heteroatoms. The van der Waals surface area contributed by atoms with Crippen LogP contribution in [0.2, 0.25) is 0 Å². The summed E-state index contributed by atoms with van der Waals surface area (Å²) in [5.74, 6) is 3.21. The first-order valence-electron chi connectivity index (χ1n) is 8.23. The van der Waals surface area contributed by atoms with Crippen LogP contribution in [0.15, 0.2) is 0 Å². The van der Waals surface area contributed by atoms with Crippen molar-refractivity contribution in [1.29, 1.82) is 0 Å². The quantitative estimate of drug-likeness (QED) is 0.699. The summed E-state index contributed by atoms with van der Waals surface area (Å²) in [5, 5.41) is 0. The first-order valence-corrected chi connectivity index (χ1v) is 8.23. The molecule has 0 amide bonds. The number of esters is 1. The summed E-state index contributed by atoms with van der Waals surface area (Å²) in [4.78, 5) is 12.5. The van der Waals surface area contributed by atoms with E-state index in [0.29, 0.717) is 11.8 Å². The van der Waals surface area contributed by atoms with Gasteiger partial charge in [0.25, 0.3) is 0 Å². The first kappa shape index (κ1) is 13.5. The Hall–Kier alpha value is -0.530. The summed E-state index contributed by atoms with van der Waals surface area (Å²) in [6.07, 6.45) is 8.21. The number of carbonyl (C=O) groups is 1. The Morgan fingerprint density at radius 2 is 1.74 bits per heavy atom. The summed E-state index contributed by atoms with van der Waals surface area (Å²) >= 11 is 0. The molecule has 3 aliphatic carbocycles. The second-order valence-electron chi connectivity index (χ2n) is 7.65. The summed E-state index contributed by atoms with van der Waals surface area (Å²) < 4.78 is 5.96. The van der Waals surface area contributed by atoms with Crippen LogP contribution in [0.1, 0.15) is 65.7 Å². The van der Waals surface area contributed by atoms with Crippen molar-refractivity contribution in [3.05, 3.63) is 0 Å². The molecule has 3 aliphatic rings. The van der Waals surface area contributed by atoms with Crippen LogP contribution in [0.5, 0.6) is 0 Å². The Labute approximate surface area is 117 Å². The van der Waals surface area contributed by atoms with Gasteiger partial charge in [-0.25, -0.2) is 0 Å². The predicted molar refractivity (Wildman–Crippen MR) is 75.6 cm³/mol. The Kier molecular flexibility index (Phi) is 3.39. The van der Waals surface area contributed by atoms with Crippen molar-refractivity contribution in [2.24, 2.45) is 29.6 Å². The molecule has 0 aliphatic heterocycles. The van der Waals surface area contributed by atoms with Crippen molar-refractivity contribution in [2.45, 2.75) is 71.3 Å². The third-order valence-electron chi connectivity index (χ3n) is 6.46. The van der Waals surface area contributed by atoms with E-state index in [1.54, 1.807) is 0 Å². The lowest BCUT2D eigenvalue weighted by atomic mass is 9.75. The highest BCUT2D eigenvalue weighted by atomic mass is 16.6. The van der Waals surface area contributed by atoms with Crippen molar-refractivity contribution in [1.82, 2.24) is 0 Å². The SMILES string of the molecule is CC1C2CC(C(=O)OC3(C)CCCCC3)C(C2)C1C. The van der Waals surface area contributed by atoms with E-state index in [2.05, 4.69) is 20.8 Å². The molecule has 2 nitrogen and oxygen atoms in total. The third kappa shape index (κ3) is 2.32. The van der Waals surface area contributed by atoms with Crippen molar-refractivity contribution in [3.8, 4) is 0 Å². The molecule has 5 atom stereocenters. The van der Waals surface area contributed by atoms with E-state index < -0.39 is 0 Å². The fourth-order valence-electron chi connectivity index (χ4n) is 4.93. The monoisotopic (exact) mass is 264 g/mol. The predicted octanol–water partition coefficient (Wildman–Crippen LogP) is 4.18. The van der Waals surface area contributed by atoms with Gasteiger partial charge in [0.05, 0.1) is 5.92 Å². The molecule has 0 spiro atoms. The van der Waals surface area contributed by atoms with Crippen LogP contribution in [0.4, 0.5) is 0 Å². The van der Waals surface area contributed by atoms with Crippen LogP contribution < -0.4 is 0 Å².